The SMILES string of the molecule is Cn1nc(C(N)=O)c2c1CCN(C(=O)COc1ncnc3ccccc13)C2. The number of hydrogen-bond acceptors (Lipinski definition) is 6. The zero-order valence-corrected chi connectivity index (χ0v) is 14.8. The first-order valence-electron chi connectivity index (χ1n) is 8.49. The largest absolute Gasteiger partial charge is 0.467 e. The van der Waals surface area contributed by atoms with Crippen LogP contribution in [0.2, 0.25) is 0 Å². The maximum Gasteiger partial charge on any atom is 0.269 e. The predicted octanol–water partition coefficient (Wildman–Crippen LogP) is 0.426. The fourth-order valence-electron chi connectivity index (χ4n) is 3.32. The molecular weight excluding hydrogens is 348 g/mol. The number of nitrogens with two attached hydrogens (primary N) is 1. The monoisotopic (exact) mass is 366 g/mol. The number of amides is 2. The second-order valence-corrected chi connectivity index (χ2v) is 6.31. The minimum Gasteiger partial charge on any atom is -0.467 e. The van der Waals surface area contributed by atoms with Gasteiger partial charge in [-0.2, -0.15) is 5.10 Å². The molecule has 0 saturated carbocycles. The van der Waals surface area contributed by atoms with Crippen molar-refractivity contribution in [3.05, 3.63) is 47.5 Å². The van der Waals surface area contributed by atoms with Crippen molar-refractivity contribution in [3.63, 3.8) is 0 Å². The number of carbonyl (C=O) groups is 2. The Bertz CT molecular complexity index is 1040. The Hall–Kier alpha value is -3.49. The molecular formula is C18H18N6O3. The number of ether oxygens (including phenoxy) is 1. The van der Waals surface area contributed by atoms with E-state index >= 15 is 0 Å². The van der Waals surface area contributed by atoms with Gasteiger partial charge in [-0.25, -0.2) is 9.97 Å². The van der Waals surface area contributed by atoms with E-state index in [0.717, 1.165) is 16.6 Å². The maximum atomic E-state index is 12.6. The van der Waals surface area contributed by atoms with Crippen LogP contribution in [0.4, 0.5) is 0 Å². The summed E-state index contributed by atoms with van der Waals surface area (Å²) in [5.74, 6) is -0.418. The van der Waals surface area contributed by atoms with E-state index in [-0.39, 0.29) is 24.8 Å². The summed E-state index contributed by atoms with van der Waals surface area (Å²) in [7, 11) is 1.77. The summed E-state index contributed by atoms with van der Waals surface area (Å²) in [6.45, 7) is 0.661. The Kier molecular flexibility index (Phi) is 4.19. The molecule has 2 aromatic heterocycles. The van der Waals surface area contributed by atoms with Gasteiger partial charge in [-0.05, 0) is 12.1 Å². The third-order valence-electron chi connectivity index (χ3n) is 4.67. The van der Waals surface area contributed by atoms with Crippen molar-refractivity contribution in [2.24, 2.45) is 12.8 Å². The lowest BCUT2D eigenvalue weighted by Crippen LogP contribution is -2.39. The van der Waals surface area contributed by atoms with E-state index in [9.17, 15) is 9.59 Å². The number of benzene rings is 1. The van der Waals surface area contributed by atoms with Gasteiger partial charge in [0.25, 0.3) is 11.8 Å². The summed E-state index contributed by atoms with van der Waals surface area (Å²) in [6, 6.07) is 7.43. The molecule has 0 unspecified atom stereocenters. The van der Waals surface area contributed by atoms with Gasteiger partial charge in [0.15, 0.2) is 12.3 Å². The topological polar surface area (TPSA) is 116 Å². The van der Waals surface area contributed by atoms with Crippen LogP contribution in [0.15, 0.2) is 30.6 Å². The van der Waals surface area contributed by atoms with Gasteiger partial charge in [0.05, 0.1) is 10.9 Å². The number of hydrogen-bond donors (Lipinski definition) is 1. The van der Waals surface area contributed by atoms with Gasteiger partial charge in [-0.1, -0.05) is 12.1 Å². The molecule has 1 aromatic carbocycles. The molecule has 0 bridgehead atoms. The molecule has 27 heavy (non-hydrogen) atoms. The summed E-state index contributed by atoms with van der Waals surface area (Å²) >= 11 is 0. The average molecular weight is 366 g/mol. The molecule has 3 aromatic rings. The zero-order chi connectivity index (χ0) is 19.0. The molecule has 3 heterocycles. The quantitative estimate of drug-likeness (QED) is 0.716. The van der Waals surface area contributed by atoms with E-state index in [0.29, 0.717) is 24.4 Å². The summed E-state index contributed by atoms with van der Waals surface area (Å²) in [5.41, 5.74) is 8.00. The van der Waals surface area contributed by atoms with Crippen LogP contribution >= 0.6 is 0 Å². The van der Waals surface area contributed by atoms with Crippen LogP contribution in [0.1, 0.15) is 21.7 Å². The molecule has 1 aliphatic rings. The zero-order valence-electron chi connectivity index (χ0n) is 14.8. The lowest BCUT2D eigenvalue weighted by molar-refractivity contribution is -0.134. The average Bonchev–Trinajstić information content (AvgIpc) is 3.02. The first-order valence-corrected chi connectivity index (χ1v) is 8.49. The van der Waals surface area contributed by atoms with Crippen molar-refractivity contribution >= 4 is 22.7 Å². The molecule has 0 atom stereocenters. The number of carbonyl (C=O) groups excluding carboxylic acids is 2. The normalized spacial score (nSPS) is 13.4. The maximum absolute atomic E-state index is 12.6. The number of aryl methyl sites for hydroxylation is 1. The summed E-state index contributed by atoms with van der Waals surface area (Å²) < 4.78 is 7.30. The van der Waals surface area contributed by atoms with Crippen LogP contribution in [0, 0.1) is 0 Å². The van der Waals surface area contributed by atoms with Crippen LogP contribution < -0.4 is 10.5 Å². The van der Waals surface area contributed by atoms with Crippen LogP contribution in [0.25, 0.3) is 10.9 Å². The lowest BCUT2D eigenvalue weighted by Gasteiger charge is -2.27. The first-order chi connectivity index (χ1) is 13.0. The van der Waals surface area contributed by atoms with Crippen molar-refractivity contribution < 1.29 is 14.3 Å². The molecule has 0 spiro atoms. The predicted molar refractivity (Wildman–Crippen MR) is 95.9 cm³/mol. The summed E-state index contributed by atoms with van der Waals surface area (Å²) in [6.07, 6.45) is 2.01. The van der Waals surface area contributed by atoms with Gasteiger partial charge >= 0.3 is 0 Å². The molecule has 2 N–H and O–H groups in total. The molecule has 9 nitrogen and oxygen atoms in total. The lowest BCUT2D eigenvalue weighted by atomic mass is 10.0. The highest BCUT2D eigenvalue weighted by molar-refractivity contribution is 5.93. The second kappa shape index (κ2) is 6.67. The van der Waals surface area contributed by atoms with Crippen molar-refractivity contribution in [2.75, 3.05) is 13.2 Å². The van der Waals surface area contributed by atoms with E-state index < -0.39 is 5.91 Å². The number of aromatic nitrogens is 4. The Morgan fingerprint density at radius 1 is 1.26 bits per heavy atom. The number of nitrogens with zero attached hydrogens (tertiary/aromatic N) is 5. The van der Waals surface area contributed by atoms with Gasteiger partial charge in [-0.3, -0.25) is 14.3 Å². The van der Waals surface area contributed by atoms with Gasteiger partial charge in [0, 0.05) is 37.8 Å². The van der Waals surface area contributed by atoms with Crippen LogP contribution in [0.5, 0.6) is 5.88 Å². The van der Waals surface area contributed by atoms with Crippen molar-refractivity contribution in [1.29, 1.82) is 0 Å². The molecule has 4 rings (SSSR count). The van der Waals surface area contributed by atoms with Crippen LogP contribution in [0.3, 0.4) is 0 Å². The standard InChI is InChI=1S/C18H18N6O3/c1-23-14-6-7-24(8-12(14)16(22-23)17(19)26)15(25)9-27-18-11-4-2-3-5-13(11)20-10-21-18/h2-5,10H,6-9H2,1H3,(H2,19,26). The van der Waals surface area contributed by atoms with Crippen molar-refractivity contribution in [3.8, 4) is 5.88 Å². The molecule has 9 heteroatoms. The highest BCUT2D eigenvalue weighted by Gasteiger charge is 2.28. The van der Waals surface area contributed by atoms with Gasteiger partial charge in [0.2, 0.25) is 5.88 Å². The Morgan fingerprint density at radius 2 is 2.07 bits per heavy atom. The molecule has 0 fully saturated rings. The number of primary amides is 1. The van der Waals surface area contributed by atoms with E-state index in [1.807, 2.05) is 24.3 Å². The van der Waals surface area contributed by atoms with E-state index in [1.165, 1.54) is 6.33 Å². The summed E-state index contributed by atoms with van der Waals surface area (Å²) in [4.78, 5) is 34.2. The Labute approximate surface area is 154 Å². The van der Waals surface area contributed by atoms with Gasteiger partial charge in [-0.15, -0.1) is 0 Å². The first kappa shape index (κ1) is 17.0. The second-order valence-electron chi connectivity index (χ2n) is 6.31. The minimum absolute atomic E-state index is 0.150. The number of rotatable bonds is 4. The van der Waals surface area contributed by atoms with Crippen LogP contribution in [-0.2, 0) is 24.8 Å². The fraction of sp³-hybridized carbons (Fsp3) is 0.278. The number of fused-ring (bicyclic) bond motifs is 2. The molecule has 138 valence electrons. The van der Waals surface area contributed by atoms with Gasteiger partial charge in [0.1, 0.15) is 6.33 Å². The summed E-state index contributed by atoms with van der Waals surface area (Å²) in [5, 5.41) is 4.92. The van der Waals surface area contributed by atoms with E-state index in [4.69, 9.17) is 10.5 Å². The highest BCUT2D eigenvalue weighted by atomic mass is 16.5. The molecule has 0 saturated heterocycles. The third-order valence-corrected chi connectivity index (χ3v) is 4.67. The molecule has 2 amide bonds. The van der Waals surface area contributed by atoms with Gasteiger partial charge < -0.3 is 15.4 Å². The van der Waals surface area contributed by atoms with E-state index in [2.05, 4.69) is 15.1 Å². The molecule has 1 aliphatic heterocycles. The molecule has 0 radical (unpaired) electrons. The third kappa shape index (κ3) is 3.07. The van der Waals surface area contributed by atoms with E-state index in [1.54, 1.807) is 16.6 Å². The number of para-hydroxylation sites is 1. The smallest absolute Gasteiger partial charge is 0.269 e. The minimum atomic E-state index is -0.593. The Balaban J connectivity index is 1.49. The molecule has 0 aliphatic carbocycles. The fourth-order valence-corrected chi connectivity index (χ4v) is 3.32. The van der Waals surface area contributed by atoms with Crippen molar-refractivity contribution in [1.82, 2.24) is 24.6 Å². The van der Waals surface area contributed by atoms with Crippen LogP contribution in [-0.4, -0.2) is 49.6 Å². The Morgan fingerprint density at radius 3 is 2.89 bits per heavy atom. The highest BCUT2D eigenvalue weighted by Crippen LogP contribution is 2.23. The van der Waals surface area contributed by atoms with Crippen molar-refractivity contribution in [2.45, 2.75) is 13.0 Å².